The molecule has 2 aromatic rings. The molecule has 154 valence electrons. The number of carbonyl (C=O) groups is 1. The van der Waals surface area contributed by atoms with Gasteiger partial charge >= 0.3 is 0 Å². The van der Waals surface area contributed by atoms with Crippen LogP contribution in [-0.2, 0) is 0 Å². The van der Waals surface area contributed by atoms with E-state index in [0.29, 0.717) is 28.8 Å². The van der Waals surface area contributed by atoms with Crippen molar-refractivity contribution in [2.75, 3.05) is 38.1 Å². The Morgan fingerprint density at radius 3 is 2.41 bits per heavy atom. The standard InChI is InChI=1S/C20H22Cl2N4O3/c1-13(14-3-5-16(21)17(22)11-14)23-20(27)15-4-6-18(19(12-15)26(28)29)25-9-7-24(2)8-10-25/h3-6,11-13H,7-10H2,1-2H3,(H,23,27)/t13-/m1/s1. The van der Waals surface area contributed by atoms with Crippen LogP contribution in [0.2, 0.25) is 10.0 Å². The van der Waals surface area contributed by atoms with Gasteiger partial charge in [0.05, 0.1) is 21.0 Å². The minimum absolute atomic E-state index is 0.0654. The second-order valence-corrected chi connectivity index (χ2v) is 7.93. The number of likely N-dealkylation sites (N-methyl/N-ethyl adjacent to an activating group) is 1. The first-order valence-electron chi connectivity index (χ1n) is 9.24. The van der Waals surface area contributed by atoms with E-state index in [4.69, 9.17) is 23.2 Å². The number of amides is 1. The molecule has 1 aliphatic rings. The zero-order chi connectivity index (χ0) is 21.1. The van der Waals surface area contributed by atoms with E-state index in [1.165, 1.54) is 6.07 Å². The number of hydrogen-bond acceptors (Lipinski definition) is 5. The van der Waals surface area contributed by atoms with Gasteiger partial charge in [-0.05, 0) is 43.8 Å². The second-order valence-electron chi connectivity index (χ2n) is 7.12. The molecule has 3 rings (SSSR count). The zero-order valence-electron chi connectivity index (χ0n) is 16.2. The molecule has 0 aliphatic carbocycles. The summed E-state index contributed by atoms with van der Waals surface area (Å²) in [5.41, 5.74) is 1.50. The molecule has 0 saturated carbocycles. The number of carbonyl (C=O) groups excluding carboxylic acids is 1. The van der Waals surface area contributed by atoms with E-state index in [9.17, 15) is 14.9 Å². The van der Waals surface area contributed by atoms with Crippen molar-refractivity contribution in [3.8, 4) is 0 Å². The number of nitro benzene ring substituents is 1. The van der Waals surface area contributed by atoms with Gasteiger partial charge in [-0.1, -0.05) is 29.3 Å². The summed E-state index contributed by atoms with van der Waals surface area (Å²) in [7, 11) is 2.02. The van der Waals surface area contributed by atoms with Crippen LogP contribution in [0.15, 0.2) is 36.4 Å². The van der Waals surface area contributed by atoms with Crippen molar-refractivity contribution >= 4 is 40.5 Å². The molecule has 1 heterocycles. The molecule has 9 heteroatoms. The summed E-state index contributed by atoms with van der Waals surface area (Å²) in [5.74, 6) is -0.392. The first kappa shape index (κ1) is 21.4. The van der Waals surface area contributed by atoms with Crippen LogP contribution in [0.3, 0.4) is 0 Å². The highest BCUT2D eigenvalue weighted by Gasteiger charge is 2.24. The first-order valence-corrected chi connectivity index (χ1v) is 9.99. The maximum Gasteiger partial charge on any atom is 0.293 e. The summed E-state index contributed by atoms with van der Waals surface area (Å²) in [6.07, 6.45) is 0. The second kappa shape index (κ2) is 8.98. The van der Waals surface area contributed by atoms with E-state index in [2.05, 4.69) is 10.2 Å². The van der Waals surface area contributed by atoms with E-state index < -0.39 is 10.8 Å². The third-order valence-corrected chi connectivity index (χ3v) is 5.81. The minimum atomic E-state index is -0.438. The molecule has 1 atom stereocenters. The van der Waals surface area contributed by atoms with Crippen molar-refractivity contribution in [2.24, 2.45) is 0 Å². The van der Waals surface area contributed by atoms with Gasteiger partial charge in [0, 0.05) is 37.8 Å². The summed E-state index contributed by atoms with van der Waals surface area (Å²) in [4.78, 5) is 28.0. The number of piperazine rings is 1. The Balaban J connectivity index is 1.79. The van der Waals surface area contributed by atoms with E-state index >= 15 is 0 Å². The van der Waals surface area contributed by atoms with Crippen LogP contribution in [-0.4, -0.2) is 49.0 Å². The van der Waals surface area contributed by atoms with E-state index in [-0.39, 0.29) is 17.3 Å². The fourth-order valence-corrected chi connectivity index (χ4v) is 3.58. The van der Waals surface area contributed by atoms with Gasteiger partial charge in [-0.3, -0.25) is 14.9 Å². The molecule has 1 aliphatic heterocycles. The highest BCUT2D eigenvalue weighted by molar-refractivity contribution is 6.42. The molecule has 0 spiro atoms. The highest BCUT2D eigenvalue weighted by Crippen LogP contribution is 2.30. The van der Waals surface area contributed by atoms with Crippen molar-refractivity contribution in [1.29, 1.82) is 0 Å². The number of anilines is 1. The lowest BCUT2D eigenvalue weighted by molar-refractivity contribution is -0.384. The fraction of sp³-hybridized carbons (Fsp3) is 0.350. The predicted octanol–water partition coefficient (Wildman–Crippen LogP) is 4.14. The molecular formula is C20H22Cl2N4O3. The molecule has 0 bridgehead atoms. The van der Waals surface area contributed by atoms with Gasteiger partial charge in [-0.15, -0.1) is 0 Å². The monoisotopic (exact) mass is 436 g/mol. The predicted molar refractivity (Wildman–Crippen MR) is 115 cm³/mol. The molecule has 1 amide bonds. The smallest absolute Gasteiger partial charge is 0.293 e. The molecule has 7 nitrogen and oxygen atoms in total. The summed E-state index contributed by atoms with van der Waals surface area (Å²) in [6.45, 7) is 4.89. The molecular weight excluding hydrogens is 415 g/mol. The number of halogens is 2. The molecule has 1 N–H and O–H groups in total. The number of nitrogens with one attached hydrogen (secondary N) is 1. The van der Waals surface area contributed by atoms with Crippen molar-refractivity contribution in [2.45, 2.75) is 13.0 Å². The Labute approximate surface area is 179 Å². The quantitative estimate of drug-likeness (QED) is 0.562. The van der Waals surface area contributed by atoms with Gasteiger partial charge in [0.1, 0.15) is 5.69 Å². The molecule has 1 fully saturated rings. The molecule has 2 aromatic carbocycles. The summed E-state index contributed by atoms with van der Waals surface area (Å²) in [5, 5.41) is 15.3. The maximum atomic E-state index is 12.7. The van der Waals surface area contributed by atoms with Crippen LogP contribution < -0.4 is 10.2 Å². The van der Waals surface area contributed by atoms with Crippen molar-refractivity contribution in [3.63, 3.8) is 0 Å². The normalized spacial score (nSPS) is 15.8. The molecule has 0 unspecified atom stereocenters. The Morgan fingerprint density at radius 1 is 1.10 bits per heavy atom. The first-order chi connectivity index (χ1) is 13.8. The SMILES string of the molecule is C[C@@H](NC(=O)c1ccc(N2CCN(C)CC2)c([N+](=O)[O-])c1)c1ccc(Cl)c(Cl)c1. The zero-order valence-corrected chi connectivity index (χ0v) is 17.7. The lowest BCUT2D eigenvalue weighted by Crippen LogP contribution is -2.44. The van der Waals surface area contributed by atoms with Crippen LogP contribution in [0.5, 0.6) is 0 Å². The van der Waals surface area contributed by atoms with Crippen LogP contribution in [0.25, 0.3) is 0 Å². The summed E-state index contributed by atoms with van der Waals surface area (Å²) < 4.78 is 0. The maximum absolute atomic E-state index is 12.7. The molecule has 0 aromatic heterocycles. The third kappa shape index (κ3) is 4.98. The van der Waals surface area contributed by atoms with Crippen LogP contribution in [0.4, 0.5) is 11.4 Å². The van der Waals surface area contributed by atoms with Crippen LogP contribution >= 0.6 is 23.2 Å². The Kier molecular flexibility index (Phi) is 6.62. The van der Waals surface area contributed by atoms with Gasteiger partial charge in [0.2, 0.25) is 0 Å². The van der Waals surface area contributed by atoms with Crippen LogP contribution in [0.1, 0.15) is 28.9 Å². The average Bonchev–Trinajstić information content (AvgIpc) is 2.70. The van der Waals surface area contributed by atoms with Gasteiger partial charge in [-0.25, -0.2) is 0 Å². The number of nitro groups is 1. The molecule has 29 heavy (non-hydrogen) atoms. The lowest BCUT2D eigenvalue weighted by Gasteiger charge is -2.33. The summed E-state index contributed by atoms with van der Waals surface area (Å²) in [6, 6.07) is 9.40. The van der Waals surface area contributed by atoms with Gasteiger partial charge in [0.15, 0.2) is 0 Å². The number of benzene rings is 2. The van der Waals surface area contributed by atoms with Crippen molar-refractivity contribution in [1.82, 2.24) is 10.2 Å². The van der Waals surface area contributed by atoms with Crippen molar-refractivity contribution in [3.05, 3.63) is 67.7 Å². The van der Waals surface area contributed by atoms with E-state index in [0.717, 1.165) is 18.7 Å². The Hall–Kier alpha value is -2.35. The Bertz CT molecular complexity index is 930. The lowest BCUT2D eigenvalue weighted by atomic mass is 10.1. The number of hydrogen-bond donors (Lipinski definition) is 1. The topological polar surface area (TPSA) is 78.7 Å². The third-order valence-electron chi connectivity index (χ3n) is 5.07. The van der Waals surface area contributed by atoms with E-state index in [1.807, 2.05) is 18.9 Å². The Morgan fingerprint density at radius 2 is 1.79 bits per heavy atom. The fourth-order valence-electron chi connectivity index (χ4n) is 3.27. The van der Waals surface area contributed by atoms with Crippen LogP contribution in [0, 0.1) is 10.1 Å². The highest BCUT2D eigenvalue weighted by atomic mass is 35.5. The van der Waals surface area contributed by atoms with Gasteiger partial charge in [0.25, 0.3) is 11.6 Å². The largest absolute Gasteiger partial charge is 0.363 e. The summed E-state index contributed by atoms with van der Waals surface area (Å²) >= 11 is 12.0. The van der Waals surface area contributed by atoms with Gasteiger partial charge < -0.3 is 15.1 Å². The average molecular weight is 437 g/mol. The minimum Gasteiger partial charge on any atom is -0.363 e. The van der Waals surface area contributed by atoms with E-state index in [1.54, 1.807) is 30.3 Å². The number of nitrogens with zero attached hydrogens (tertiary/aromatic N) is 3. The molecule has 0 radical (unpaired) electrons. The molecule has 1 saturated heterocycles. The number of rotatable bonds is 5. The van der Waals surface area contributed by atoms with Gasteiger partial charge in [-0.2, -0.15) is 0 Å². The van der Waals surface area contributed by atoms with Crippen molar-refractivity contribution < 1.29 is 9.72 Å².